The van der Waals surface area contributed by atoms with Crippen LogP contribution in [0.5, 0.6) is 5.75 Å². The van der Waals surface area contributed by atoms with Crippen molar-refractivity contribution in [3.8, 4) is 11.8 Å². The summed E-state index contributed by atoms with van der Waals surface area (Å²) in [6.45, 7) is 4.62. The van der Waals surface area contributed by atoms with Gasteiger partial charge in [0, 0.05) is 0 Å². The van der Waals surface area contributed by atoms with Crippen LogP contribution in [-0.4, -0.2) is 31.6 Å². The summed E-state index contributed by atoms with van der Waals surface area (Å²) in [5, 5.41) is 9.55. The predicted molar refractivity (Wildman–Crippen MR) is 71.6 cm³/mol. The van der Waals surface area contributed by atoms with Crippen molar-refractivity contribution in [3.05, 3.63) is 29.8 Å². The molecule has 3 heteroatoms. The van der Waals surface area contributed by atoms with E-state index in [1.54, 1.807) is 0 Å². The van der Waals surface area contributed by atoms with Gasteiger partial charge in [-0.2, -0.15) is 5.26 Å². The van der Waals surface area contributed by atoms with Crippen LogP contribution in [0.2, 0.25) is 0 Å². The van der Waals surface area contributed by atoms with Crippen LogP contribution in [0.3, 0.4) is 0 Å². The summed E-state index contributed by atoms with van der Waals surface area (Å²) in [7, 11) is 2.11. The summed E-state index contributed by atoms with van der Waals surface area (Å²) in [4.78, 5) is 2.28. The summed E-state index contributed by atoms with van der Waals surface area (Å²) in [5.74, 6) is 0.877. The Morgan fingerprint density at radius 1 is 1.28 bits per heavy atom. The highest BCUT2D eigenvalue weighted by Crippen LogP contribution is 2.35. The molecule has 1 aliphatic rings. The Morgan fingerprint density at radius 2 is 1.89 bits per heavy atom. The van der Waals surface area contributed by atoms with Crippen LogP contribution in [-0.2, 0) is 5.41 Å². The molecule has 0 N–H and O–H groups in total. The summed E-state index contributed by atoms with van der Waals surface area (Å²) in [5.41, 5.74) is 0.818. The fourth-order valence-corrected chi connectivity index (χ4v) is 2.50. The summed E-state index contributed by atoms with van der Waals surface area (Å²) < 4.78 is 5.44. The summed E-state index contributed by atoms with van der Waals surface area (Å²) in [6, 6.07) is 10.6. The third kappa shape index (κ3) is 2.49. The normalized spacial score (nSPS) is 19.2. The zero-order valence-corrected chi connectivity index (χ0v) is 11.1. The molecular formula is C15H20N2O. The molecule has 1 aromatic carbocycles. The second-order valence-corrected chi connectivity index (χ2v) is 4.95. The number of hydrogen-bond acceptors (Lipinski definition) is 3. The van der Waals surface area contributed by atoms with Gasteiger partial charge in [0.05, 0.1) is 18.1 Å². The molecule has 2 rings (SSSR count). The Balaban J connectivity index is 2.20. The topological polar surface area (TPSA) is 36.3 Å². The van der Waals surface area contributed by atoms with Gasteiger partial charge in [-0.1, -0.05) is 12.1 Å². The van der Waals surface area contributed by atoms with E-state index in [1.807, 2.05) is 31.2 Å². The maximum atomic E-state index is 9.55. The van der Waals surface area contributed by atoms with Crippen molar-refractivity contribution < 1.29 is 4.74 Å². The molecule has 96 valence electrons. The van der Waals surface area contributed by atoms with E-state index in [2.05, 4.69) is 18.0 Å². The van der Waals surface area contributed by atoms with Crippen molar-refractivity contribution in [2.24, 2.45) is 0 Å². The van der Waals surface area contributed by atoms with Crippen LogP contribution < -0.4 is 4.74 Å². The molecule has 3 nitrogen and oxygen atoms in total. The molecule has 1 aromatic rings. The number of piperidine rings is 1. The molecule has 1 saturated heterocycles. The molecule has 0 saturated carbocycles. The second-order valence-electron chi connectivity index (χ2n) is 4.95. The molecule has 1 heterocycles. The molecular weight excluding hydrogens is 224 g/mol. The van der Waals surface area contributed by atoms with Crippen molar-refractivity contribution in [2.45, 2.75) is 25.2 Å². The lowest BCUT2D eigenvalue weighted by atomic mass is 9.74. The first-order chi connectivity index (χ1) is 8.70. The van der Waals surface area contributed by atoms with Gasteiger partial charge in [-0.25, -0.2) is 0 Å². The van der Waals surface area contributed by atoms with E-state index >= 15 is 0 Å². The SMILES string of the molecule is CCOc1ccc(C2(C#N)CCN(C)CC2)cc1. The standard InChI is InChI=1S/C15H20N2O/c1-3-18-14-6-4-13(5-7-14)15(12-16)8-10-17(2)11-9-15/h4-7H,3,8-11H2,1-2H3. The van der Waals surface area contributed by atoms with Crippen LogP contribution >= 0.6 is 0 Å². The highest BCUT2D eigenvalue weighted by Gasteiger charge is 2.35. The highest BCUT2D eigenvalue weighted by molar-refractivity contribution is 5.37. The van der Waals surface area contributed by atoms with Crippen LogP contribution in [0.25, 0.3) is 0 Å². The Kier molecular flexibility index (Phi) is 3.88. The molecule has 0 amide bonds. The summed E-state index contributed by atoms with van der Waals surface area (Å²) in [6.07, 6.45) is 1.82. The number of hydrogen-bond donors (Lipinski definition) is 0. The maximum absolute atomic E-state index is 9.55. The first kappa shape index (κ1) is 12.9. The lowest BCUT2D eigenvalue weighted by Gasteiger charge is -2.35. The second kappa shape index (κ2) is 5.41. The molecule has 18 heavy (non-hydrogen) atoms. The third-order valence-electron chi connectivity index (χ3n) is 3.77. The fourth-order valence-electron chi connectivity index (χ4n) is 2.50. The van der Waals surface area contributed by atoms with E-state index in [9.17, 15) is 5.26 Å². The number of nitriles is 1. The molecule has 1 fully saturated rings. The Labute approximate surface area is 109 Å². The maximum Gasteiger partial charge on any atom is 0.119 e. The largest absolute Gasteiger partial charge is 0.494 e. The van der Waals surface area contributed by atoms with Crippen molar-refractivity contribution in [1.82, 2.24) is 4.90 Å². The first-order valence-corrected chi connectivity index (χ1v) is 6.53. The van der Waals surface area contributed by atoms with Crippen molar-refractivity contribution in [2.75, 3.05) is 26.7 Å². The molecule has 1 aliphatic heterocycles. The minimum absolute atomic E-state index is 0.308. The minimum Gasteiger partial charge on any atom is -0.494 e. The van der Waals surface area contributed by atoms with Gasteiger partial charge in [0.1, 0.15) is 5.75 Å². The van der Waals surface area contributed by atoms with Crippen LogP contribution in [0.1, 0.15) is 25.3 Å². The average Bonchev–Trinajstić information content (AvgIpc) is 2.42. The highest BCUT2D eigenvalue weighted by atomic mass is 16.5. The molecule has 0 radical (unpaired) electrons. The molecule has 0 aromatic heterocycles. The Bertz CT molecular complexity index is 425. The van der Waals surface area contributed by atoms with Gasteiger partial charge in [0.2, 0.25) is 0 Å². The lowest BCUT2D eigenvalue weighted by Crippen LogP contribution is -2.39. The molecule has 0 atom stereocenters. The molecule has 0 bridgehead atoms. The Hall–Kier alpha value is -1.53. The van der Waals surface area contributed by atoms with Gasteiger partial charge in [-0.15, -0.1) is 0 Å². The van der Waals surface area contributed by atoms with Crippen LogP contribution in [0.15, 0.2) is 24.3 Å². The van der Waals surface area contributed by atoms with Crippen molar-refractivity contribution >= 4 is 0 Å². The van der Waals surface area contributed by atoms with Crippen molar-refractivity contribution in [1.29, 1.82) is 5.26 Å². The zero-order chi connectivity index (χ0) is 13.0. The van der Waals surface area contributed by atoms with E-state index in [4.69, 9.17) is 4.74 Å². The van der Waals surface area contributed by atoms with Crippen molar-refractivity contribution in [3.63, 3.8) is 0 Å². The van der Waals surface area contributed by atoms with Gasteiger partial charge in [0.25, 0.3) is 0 Å². The van der Waals surface area contributed by atoms with E-state index in [1.165, 1.54) is 0 Å². The number of benzene rings is 1. The zero-order valence-electron chi connectivity index (χ0n) is 11.1. The average molecular weight is 244 g/mol. The number of rotatable bonds is 3. The van der Waals surface area contributed by atoms with E-state index < -0.39 is 0 Å². The molecule has 0 spiro atoms. The van der Waals surface area contributed by atoms with Gasteiger partial charge >= 0.3 is 0 Å². The fraction of sp³-hybridized carbons (Fsp3) is 0.533. The number of likely N-dealkylation sites (tertiary alicyclic amines) is 1. The predicted octanol–water partition coefficient (Wildman–Crippen LogP) is 2.57. The minimum atomic E-state index is -0.308. The quantitative estimate of drug-likeness (QED) is 0.820. The number of nitrogens with zero attached hydrogens (tertiary/aromatic N) is 2. The van der Waals surface area contributed by atoms with Gasteiger partial charge in [-0.3, -0.25) is 0 Å². The number of ether oxygens (including phenoxy) is 1. The Morgan fingerprint density at radius 3 is 2.39 bits per heavy atom. The van der Waals surface area contributed by atoms with Crippen LogP contribution in [0.4, 0.5) is 0 Å². The van der Waals surface area contributed by atoms with E-state index in [0.717, 1.165) is 37.2 Å². The monoisotopic (exact) mass is 244 g/mol. The van der Waals surface area contributed by atoms with Gasteiger partial charge in [0.15, 0.2) is 0 Å². The first-order valence-electron chi connectivity index (χ1n) is 6.53. The van der Waals surface area contributed by atoms with Crippen LogP contribution in [0, 0.1) is 11.3 Å². The third-order valence-corrected chi connectivity index (χ3v) is 3.77. The lowest BCUT2D eigenvalue weighted by molar-refractivity contribution is 0.222. The molecule has 0 unspecified atom stereocenters. The smallest absolute Gasteiger partial charge is 0.119 e. The van der Waals surface area contributed by atoms with Gasteiger partial charge < -0.3 is 9.64 Å². The molecule has 0 aliphatic carbocycles. The van der Waals surface area contributed by atoms with E-state index in [0.29, 0.717) is 6.61 Å². The van der Waals surface area contributed by atoms with Gasteiger partial charge in [-0.05, 0) is 57.6 Å². The summed E-state index contributed by atoms with van der Waals surface area (Å²) >= 11 is 0. The van der Waals surface area contributed by atoms with E-state index in [-0.39, 0.29) is 5.41 Å².